The fourth-order valence-electron chi connectivity index (χ4n) is 2.43. The van der Waals surface area contributed by atoms with Crippen LogP contribution in [-0.4, -0.2) is 23.1 Å². The summed E-state index contributed by atoms with van der Waals surface area (Å²) in [6, 6.07) is 0. The van der Waals surface area contributed by atoms with Crippen LogP contribution in [0, 0.1) is 11.8 Å². The number of hydrogen-bond donors (Lipinski definition) is 1. The zero-order valence-corrected chi connectivity index (χ0v) is 10.4. The molecule has 2 unspecified atom stereocenters. The third-order valence-corrected chi connectivity index (χ3v) is 3.33. The Kier molecular flexibility index (Phi) is 3.19. The van der Waals surface area contributed by atoms with Crippen LogP contribution in [0.2, 0.25) is 5.02 Å². The summed E-state index contributed by atoms with van der Waals surface area (Å²) in [5.41, 5.74) is 5.69. The minimum atomic E-state index is 0.359. The molecule has 4 nitrogen and oxygen atoms in total. The van der Waals surface area contributed by atoms with E-state index in [0.29, 0.717) is 22.7 Å². The van der Waals surface area contributed by atoms with E-state index < -0.39 is 0 Å². The number of nitrogen functional groups attached to an aromatic ring is 1. The van der Waals surface area contributed by atoms with Crippen molar-refractivity contribution in [1.29, 1.82) is 0 Å². The van der Waals surface area contributed by atoms with Crippen LogP contribution < -0.4 is 10.6 Å². The highest BCUT2D eigenvalue weighted by molar-refractivity contribution is 6.35. The maximum Gasteiger partial charge on any atom is 0.153 e. The molecule has 1 fully saturated rings. The van der Waals surface area contributed by atoms with Crippen molar-refractivity contribution in [1.82, 2.24) is 9.97 Å². The van der Waals surface area contributed by atoms with Crippen molar-refractivity contribution in [3.8, 4) is 0 Å². The molecule has 88 valence electrons. The molecule has 0 spiro atoms. The lowest BCUT2D eigenvalue weighted by molar-refractivity contribution is 0.355. The average Bonchev–Trinajstić information content (AvgIpc) is 2.20. The van der Waals surface area contributed by atoms with Crippen molar-refractivity contribution < 1.29 is 0 Å². The summed E-state index contributed by atoms with van der Waals surface area (Å²) in [7, 11) is 0. The molecule has 0 aliphatic carbocycles. The summed E-state index contributed by atoms with van der Waals surface area (Å²) in [5, 5.41) is 0.476. The van der Waals surface area contributed by atoms with Gasteiger partial charge in [-0.2, -0.15) is 0 Å². The molecular formula is C11H17ClN4. The largest absolute Gasteiger partial charge is 0.382 e. The number of nitrogens with zero attached hydrogens (tertiary/aromatic N) is 3. The van der Waals surface area contributed by atoms with Gasteiger partial charge in [0.2, 0.25) is 0 Å². The molecule has 0 radical (unpaired) electrons. The van der Waals surface area contributed by atoms with E-state index in [1.54, 1.807) is 0 Å². The second kappa shape index (κ2) is 4.45. The Balaban J connectivity index is 2.26. The van der Waals surface area contributed by atoms with Crippen molar-refractivity contribution in [3.63, 3.8) is 0 Å². The van der Waals surface area contributed by atoms with Crippen molar-refractivity contribution in [2.24, 2.45) is 11.8 Å². The van der Waals surface area contributed by atoms with E-state index in [0.717, 1.165) is 18.9 Å². The molecule has 2 heterocycles. The molecule has 1 aromatic heterocycles. The first-order valence-corrected chi connectivity index (χ1v) is 5.96. The smallest absolute Gasteiger partial charge is 0.153 e. The van der Waals surface area contributed by atoms with E-state index in [4.69, 9.17) is 17.3 Å². The molecular weight excluding hydrogens is 224 g/mol. The minimum Gasteiger partial charge on any atom is -0.382 e. The van der Waals surface area contributed by atoms with Gasteiger partial charge >= 0.3 is 0 Å². The lowest BCUT2D eigenvalue weighted by Crippen LogP contribution is -2.39. The summed E-state index contributed by atoms with van der Waals surface area (Å²) in [5.74, 6) is 2.46. The van der Waals surface area contributed by atoms with E-state index in [1.807, 2.05) is 0 Å². The lowest BCUT2D eigenvalue weighted by Gasteiger charge is -2.36. The van der Waals surface area contributed by atoms with Crippen LogP contribution in [0.15, 0.2) is 6.33 Å². The molecule has 1 aromatic rings. The molecule has 1 aliphatic heterocycles. The molecule has 0 bridgehead atoms. The highest BCUT2D eigenvalue weighted by Gasteiger charge is 2.24. The molecule has 0 amide bonds. The lowest BCUT2D eigenvalue weighted by atomic mass is 9.92. The summed E-state index contributed by atoms with van der Waals surface area (Å²) < 4.78 is 0. The molecule has 0 aromatic carbocycles. The van der Waals surface area contributed by atoms with Crippen molar-refractivity contribution in [2.45, 2.75) is 20.3 Å². The minimum absolute atomic E-state index is 0.359. The van der Waals surface area contributed by atoms with E-state index in [1.165, 1.54) is 12.7 Å². The Labute approximate surface area is 101 Å². The second-order valence-corrected chi connectivity index (χ2v) is 5.13. The van der Waals surface area contributed by atoms with Gasteiger partial charge in [0.15, 0.2) is 5.82 Å². The highest BCUT2D eigenvalue weighted by Crippen LogP contribution is 2.31. The van der Waals surface area contributed by atoms with Gasteiger partial charge in [-0.3, -0.25) is 0 Å². The maximum atomic E-state index is 6.13. The summed E-state index contributed by atoms with van der Waals surface area (Å²) in [6.45, 7) is 6.48. The molecule has 2 atom stereocenters. The van der Waals surface area contributed by atoms with Crippen LogP contribution in [0.3, 0.4) is 0 Å². The quantitative estimate of drug-likeness (QED) is 0.818. The average molecular weight is 241 g/mol. The molecule has 0 saturated carbocycles. The van der Waals surface area contributed by atoms with Gasteiger partial charge in [-0.25, -0.2) is 9.97 Å². The number of anilines is 2. The van der Waals surface area contributed by atoms with Gasteiger partial charge in [0.1, 0.15) is 17.2 Å². The monoisotopic (exact) mass is 240 g/mol. The molecule has 16 heavy (non-hydrogen) atoms. The Hall–Kier alpha value is -1.03. The first-order chi connectivity index (χ1) is 7.58. The van der Waals surface area contributed by atoms with Crippen LogP contribution in [0.1, 0.15) is 20.3 Å². The standard InChI is InChI=1S/C11H17ClN4/c1-7-3-8(2)5-16(4-7)11-9(12)10(13)14-6-15-11/h6-8H,3-5H2,1-2H3,(H2,13,14,15). The predicted molar refractivity (Wildman–Crippen MR) is 66.6 cm³/mol. The third kappa shape index (κ3) is 2.21. The highest BCUT2D eigenvalue weighted by atomic mass is 35.5. The van der Waals surface area contributed by atoms with Gasteiger partial charge in [-0.05, 0) is 18.3 Å². The molecule has 2 rings (SSSR count). The molecule has 1 saturated heterocycles. The molecule has 2 N–H and O–H groups in total. The summed E-state index contributed by atoms with van der Waals surface area (Å²) in [6.07, 6.45) is 2.73. The number of piperidine rings is 1. The normalized spacial score (nSPS) is 25.8. The molecule has 5 heteroatoms. The predicted octanol–water partition coefficient (Wildman–Crippen LogP) is 2.19. The first kappa shape index (κ1) is 11.5. The van der Waals surface area contributed by atoms with Gasteiger partial charge in [0, 0.05) is 13.1 Å². The van der Waals surface area contributed by atoms with Crippen molar-refractivity contribution in [3.05, 3.63) is 11.3 Å². The summed E-state index contributed by atoms with van der Waals surface area (Å²) >= 11 is 6.13. The third-order valence-electron chi connectivity index (χ3n) is 2.97. The Bertz CT molecular complexity index is 372. The van der Waals surface area contributed by atoms with E-state index in [2.05, 4.69) is 28.7 Å². The van der Waals surface area contributed by atoms with Crippen molar-refractivity contribution in [2.75, 3.05) is 23.7 Å². The van der Waals surface area contributed by atoms with E-state index in [9.17, 15) is 0 Å². The summed E-state index contributed by atoms with van der Waals surface area (Å²) in [4.78, 5) is 10.3. The van der Waals surface area contributed by atoms with E-state index >= 15 is 0 Å². The number of hydrogen-bond acceptors (Lipinski definition) is 4. The van der Waals surface area contributed by atoms with Crippen LogP contribution in [-0.2, 0) is 0 Å². The first-order valence-electron chi connectivity index (χ1n) is 5.59. The number of rotatable bonds is 1. The fraction of sp³-hybridized carbons (Fsp3) is 0.636. The number of aromatic nitrogens is 2. The topological polar surface area (TPSA) is 55.0 Å². The van der Waals surface area contributed by atoms with Crippen LogP contribution in [0.5, 0.6) is 0 Å². The fourth-order valence-corrected chi connectivity index (χ4v) is 2.65. The maximum absolute atomic E-state index is 6.13. The zero-order chi connectivity index (χ0) is 11.7. The molecule has 1 aliphatic rings. The zero-order valence-electron chi connectivity index (χ0n) is 9.65. The Morgan fingerprint density at radius 2 is 1.94 bits per heavy atom. The number of nitrogens with two attached hydrogens (primary N) is 1. The van der Waals surface area contributed by atoms with Gasteiger partial charge in [0.05, 0.1) is 0 Å². The second-order valence-electron chi connectivity index (χ2n) is 4.75. The van der Waals surface area contributed by atoms with Gasteiger partial charge in [0.25, 0.3) is 0 Å². The van der Waals surface area contributed by atoms with Gasteiger partial charge < -0.3 is 10.6 Å². The van der Waals surface area contributed by atoms with E-state index in [-0.39, 0.29) is 0 Å². The van der Waals surface area contributed by atoms with Crippen LogP contribution in [0.25, 0.3) is 0 Å². The van der Waals surface area contributed by atoms with Crippen molar-refractivity contribution >= 4 is 23.2 Å². The number of halogens is 1. The Morgan fingerprint density at radius 1 is 1.31 bits per heavy atom. The SMILES string of the molecule is CC1CC(C)CN(c2ncnc(N)c2Cl)C1. The van der Waals surface area contributed by atoms with Gasteiger partial charge in [-0.15, -0.1) is 0 Å². The van der Waals surface area contributed by atoms with Crippen LogP contribution >= 0.6 is 11.6 Å². The van der Waals surface area contributed by atoms with Crippen LogP contribution in [0.4, 0.5) is 11.6 Å². The van der Waals surface area contributed by atoms with Gasteiger partial charge in [-0.1, -0.05) is 25.4 Å². The Morgan fingerprint density at radius 3 is 2.56 bits per heavy atom.